The summed E-state index contributed by atoms with van der Waals surface area (Å²) in [6, 6.07) is 12.7. The first kappa shape index (κ1) is 23.0. The fraction of sp³-hybridized carbons (Fsp3) is 0.150. The Kier molecular flexibility index (Phi) is 7.28. The average molecular weight is 476 g/mol. The summed E-state index contributed by atoms with van der Waals surface area (Å²) < 4.78 is 43.1. The lowest BCUT2D eigenvalue weighted by atomic mass is 10.2. The van der Waals surface area contributed by atoms with Crippen molar-refractivity contribution in [2.45, 2.75) is 4.90 Å². The number of nitrogens with one attached hydrogen (secondary N) is 3. The molecular weight excluding hydrogens is 454 g/mol. The first-order chi connectivity index (χ1) is 15.3. The summed E-state index contributed by atoms with van der Waals surface area (Å²) in [6.45, 7) is 0. The van der Waals surface area contributed by atoms with Gasteiger partial charge in [0, 0.05) is 17.8 Å². The third-order valence-electron chi connectivity index (χ3n) is 4.17. The molecule has 0 atom stereocenters. The van der Waals surface area contributed by atoms with Crippen LogP contribution in [0.2, 0.25) is 0 Å². The molecule has 0 saturated heterocycles. The molecule has 12 heteroatoms. The van der Waals surface area contributed by atoms with E-state index >= 15 is 0 Å². The molecule has 1 heterocycles. The van der Waals surface area contributed by atoms with Crippen molar-refractivity contribution in [3.63, 3.8) is 0 Å². The van der Waals surface area contributed by atoms with Crippen LogP contribution in [0.4, 0.5) is 17.2 Å². The largest absolute Gasteiger partial charge is 0.497 e. The van der Waals surface area contributed by atoms with Gasteiger partial charge >= 0.3 is 0 Å². The van der Waals surface area contributed by atoms with Crippen molar-refractivity contribution in [2.24, 2.45) is 0 Å². The summed E-state index contributed by atoms with van der Waals surface area (Å²) in [5, 5.41) is 6.32. The van der Waals surface area contributed by atoms with Crippen molar-refractivity contribution in [2.75, 3.05) is 36.7 Å². The quantitative estimate of drug-likeness (QED) is 0.419. The predicted molar refractivity (Wildman–Crippen MR) is 125 cm³/mol. The zero-order chi connectivity index (χ0) is 23.1. The molecule has 0 fully saturated rings. The van der Waals surface area contributed by atoms with Crippen molar-refractivity contribution in [1.29, 1.82) is 0 Å². The highest BCUT2D eigenvalue weighted by Crippen LogP contribution is 2.29. The van der Waals surface area contributed by atoms with Gasteiger partial charge in [0.15, 0.2) is 5.11 Å². The molecule has 0 aliphatic heterocycles. The molecule has 0 spiro atoms. The number of hydrogen-bond donors (Lipinski definition) is 3. The van der Waals surface area contributed by atoms with Crippen LogP contribution in [0.15, 0.2) is 59.8 Å². The molecule has 3 aromatic rings. The van der Waals surface area contributed by atoms with Crippen LogP contribution in [-0.2, 0) is 10.0 Å². The van der Waals surface area contributed by atoms with Crippen LogP contribution in [0, 0.1) is 0 Å². The molecule has 0 amide bonds. The fourth-order valence-electron chi connectivity index (χ4n) is 2.62. The van der Waals surface area contributed by atoms with Gasteiger partial charge in [-0.2, -0.15) is 0 Å². The number of ether oxygens (including phenoxy) is 3. The van der Waals surface area contributed by atoms with Crippen molar-refractivity contribution >= 4 is 44.5 Å². The van der Waals surface area contributed by atoms with Crippen LogP contribution in [-0.4, -0.2) is 44.8 Å². The van der Waals surface area contributed by atoms with Crippen LogP contribution in [0.1, 0.15) is 0 Å². The number of anilines is 3. The molecule has 32 heavy (non-hydrogen) atoms. The van der Waals surface area contributed by atoms with E-state index in [1.54, 1.807) is 44.6 Å². The van der Waals surface area contributed by atoms with Gasteiger partial charge in [0.25, 0.3) is 10.0 Å². The van der Waals surface area contributed by atoms with E-state index in [1.165, 1.54) is 31.6 Å². The second-order valence-corrected chi connectivity index (χ2v) is 8.31. The van der Waals surface area contributed by atoms with Crippen LogP contribution < -0.4 is 29.6 Å². The highest BCUT2D eigenvalue weighted by molar-refractivity contribution is 7.92. The summed E-state index contributed by atoms with van der Waals surface area (Å²) in [6.07, 6.45) is 1.20. The molecule has 10 nitrogen and oxygen atoms in total. The fourth-order valence-corrected chi connectivity index (χ4v) is 3.84. The number of sulfonamides is 1. The second-order valence-electron chi connectivity index (χ2n) is 6.22. The van der Waals surface area contributed by atoms with Crippen LogP contribution in [0.25, 0.3) is 0 Å². The smallest absolute Gasteiger partial charge is 0.263 e. The van der Waals surface area contributed by atoms with Crippen LogP contribution >= 0.6 is 12.2 Å². The van der Waals surface area contributed by atoms with E-state index in [9.17, 15) is 8.42 Å². The van der Waals surface area contributed by atoms with Crippen molar-refractivity contribution in [3.8, 4) is 17.4 Å². The topological polar surface area (TPSA) is 124 Å². The average Bonchev–Trinajstić information content (AvgIpc) is 2.79. The predicted octanol–water partition coefficient (Wildman–Crippen LogP) is 3.11. The summed E-state index contributed by atoms with van der Waals surface area (Å²) in [5.74, 6) is 1.56. The third-order valence-corrected chi connectivity index (χ3v) is 5.74. The van der Waals surface area contributed by atoms with Gasteiger partial charge in [-0.15, -0.1) is 0 Å². The molecule has 0 radical (unpaired) electrons. The standard InChI is InChI=1S/C20H21N5O5S2/c1-28-14-6-9-17(29-2)16(10-14)24-20(31)23-13-4-7-15(8-5-13)32(26,27)25-18-11-19(30-3)22-12-21-18/h4-12H,1-3H3,(H,21,22,25)(H2,23,24,31). The molecule has 0 aliphatic carbocycles. The molecule has 0 saturated carbocycles. The van der Waals surface area contributed by atoms with Crippen molar-refractivity contribution in [1.82, 2.24) is 9.97 Å². The normalized spacial score (nSPS) is 10.7. The van der Waals surface area contributed by atoms with Gasteiger partial charge in [0.05, 0.1) is 31.9 Å². The highest BCUT2D eigenvalue weighted by Gasteiger charge is 2.16. The Balaban J connectivity index is 1.68. The second kappa shape index (κ2) is 10.1. The van der Waals surface area contributed by atoms with E-state index in [0.717, 1.165) is 0 Å². The lowest BCUT2D eigenvalue weighted by molar-refractivity contribution is 0.397. The molecule has 168 valence electrons. The number of nitrogens with zero attached hydrogens (tertiary/aromatic N) is 2. The van der Waals surface area contributed by atoms with Gasteiger partial charge in [0.2, 0.25) is 5.88 Å². The third kappa shape index (κ3) is 5.74. The maximum Gasteiger partial charge on any atom is 0.263 e. The van der Waals surface area contributed by atoms with E-state index in [-0.39, 0.29) is 16.6 Å². The van der Waals surface area contributed by atoms with Gasteiger partial charge in [-0.05, 0) is 48.6 Å². The summed E-state index contributed by atoms with van der Waals surface area (Å²) in [7, 11) is 0.688. The summed E-state index contributed by atoms with van der Waals surface area (Å²) in [5.41, 5.74) is 1.21. The molecular formula is C20H21N5O5S2. The van der Waals surface area contributed by atoms with Gasteiger partial charge in [-0.1, -0.05) is 0 Å². The molecule has 0 aliphatic rings. The molecule has 0 bridgehead atoms. The molecule has 2 aromatic carbocycles. The first-order valence-electron chi connectivity index (χ1n) is 9.13. The van der Waals surface area contributed by atoms with Gasteiger partial charge < -0.3 is 24.8 Å². The summed E-state index contributed by atoms with van der Waals surface area (Å²) >= 11 is 5.35. The molecule has 0 unspecified atom stereocenters. The zero-order valence-electron chi connectivity index (χ0n) is 17.4. The lowest BCUT2D eigenvalue weighted by Gasteiger charge is -2.15. The van der Waals surface area contributed by atoms with E-state index < -0.39 is 10.0 Å². The van der Waals surface area contributed by atoms with E-state index in [4.69, 9.17) is 26.4 Å². The number of aromatic nitrogens is 2. The van der Waals surface area contributed by atoms with Crippen LogP contribution in [0.5, 0.6) is 17.4 Å². The minimum absolute atomic E-state index is 0.0500. The van der Waals surface area contributed by atoms with E-state index in [0.29, 0.717) is 28.0 Å². The maximum absolute atomic E-state index is 12.6. The Morgan fingerprint density at radius 3 is 2.31 bits per heavy atom. The summed E-state index contributed by atoms with van der Waals surface area (Å²) in [4.78, 5) is 7.77. The minimum atomic E-state index is -3.85. The Morgan fingerprint density at radius 1 is 0.906 bits per heavy atom. The minimum Gasteiger partial charge on any atom is -0.497 e. The first-order valence-corrected chi connectivity index (χ1v) is 11.0. The Bertz CT molecular complexity index is 1200. The Morgan fingerprint density at radius 2 is 1.66 bits per heavy atom. The van der Waals surface area contributed by atoms with Gasteiger partial charge in [-0.3, -0.25) is 4.72 Å². The molecule has 1 aromatic heterocycles. The van der Waals surface area contributed by atoms with Crippen molar-refractivity contribution in [3.05, 3.63) is 54.9 Å². The van der Waals surface area contributed by atoms with Gasteiger partial charge in [-0.25, -0.2) is 18.4 Å². The van der Waals surface area contributed by atoms with Gasteiger partial charge in [0.1, 0.15) is 23.6 Å². The molecule has 3 N–H and O–H groups in total. The van der Waals surface area contributed by atoms with Crippen LogP contribution in [0.3, 0.4) is 0 Å². The Labute approximate surface area is 191 Å². The van der Waals surface area contributed by atoms with E-state index in [1.807, 2.05) is 0 Å². The number of benzene rings is 2. The monoisotopic (exact) mass is 475 g/mol. The van der Waals surface area contributed by atoms with E-state index in [2.05, 4.69) is 25.3 Å². The molecule has 3 rings (SSSR count). The number of rotatable bonds is 8. The highest BCUT2D eigenvalue weighted by atomic mass is 32.2. The number of methoxy groups -OCH3 is 3. The number of thiocarbonyl (C=S) groups is 1. The van der Waals surface area contributed by atoms with Crippen molar-refractivity contribution < 1.29 is 22.6 Å². The zero-order valence-corrected chi connectivity index (χ0v) is 19.1. The Hall–Kier alpha value is -3.64. The lowest BCUT2D eigenvalue weighted by Crippen LogP contribution is -2.19. The maximum atomic E-state index is 12.6. The number of hydrogen-bond acceptors (Lipinski definition) is 8. The SMILES string of the molecule is COc1ccc(OC)c(NC(=S)Nc2ccc(S(=O)(=O)Nc3cc(OC)ncn3)cc2)c1.